The van der Waals surface area contributed by atoms with Gasteiger partial charge in [-0.25, -0.2) is 0 Å². The van der Waals surface area contributed by atoms with E-state index < -0.39 is 0 Å². The van der Waals surface area contributed by atoms with E-state index in [9.17, 15) is 10.2 Å². The number of likely N-dealkylation sites (N-methyl/N-ethyl adjacent to an activating group) is 1. The zero-order valence-electron chi connectivity index (χ0n) is 19.4. The van der Waals surface area contributed by atoms with Crippen molar-refractivity contribution in [3.63, 3.8) is 0 Å². The Morgan fingerprint density at radius 2 is 1.58 bits per heavy atom. The fraction of sp³-hybridized carbons (Fsp3) is 0.357. The summed E-state index contributed by atoms with van der Waals surface area (Å²) in [6, 6.07) is 20.7. The molecule has 0 aliphatic carbocycles. The van der Waals surface area contributed by atoms with Crippen molar-refractivity contribution in [2.75, 3.05) is 26.2 Å². The Morgan fingerprint density at radius 1 is 0.879 bits per heavy atom. The largest absolute Gasteiger partial charge is 0.508 e. The monoisotopic (exact) mass is 447 g/mol. The standard InChI is InChI=1S/C28H33NO4/c1-3-15-29(4-2)16-17-32-25-12-7-21(8-13-25)28-26(20-5-9-23(30)10-6-20)19-22-18-24(31)11-14-27(22)33-28/h5-14,18,26,28,30-31H,3-4,15-17,19H2,1-2H3/t26?,28-/m1/s1. The molecule has 1 heterocycles. The van der Waals surface area contributed by atoms with Gasteiger partial charge in [-0.1, -0.05) is 38.1 Å². The molecule has 0 aromatic heterocycles. The van der Waals surface area contributed by atoms with Gasteiger partial charge in [-0.05, 0) is 85.1 Å². The molecule has 4 rings (SSSR count). The van der Waals surface area contributed by atoms with Gasteiger partial charge in [0.15, 0.2) is 0 Å². The van der Waals surface area contributed by atoms with Crippen LogP contribution in [0.25, 0.3) is 0 Å². The zero-order valence-corrected chi connectivity index (χ0v) is 19.4. The number of phenolic OH excluding ortho intramolecular Hbond substituents is 2. The lowest BCUT2D eigenvalue weighted by Crippen LogP contribution is -2.29. The second kappa shape index (κ2) is 10.6. The zero-order chi connectivity index (χ0) is 23.2. The number of rotatable bonds is 9. The lowest BCUT2D eigenvalue weighted by molar-refractivity contribution is 0.151. The summed E-state index contributed by atoms with van der Waals surface area (Å²) in [5.74, 6) is 2.19. The third-order valence-electron chi connectivity index (χ3n) is 6.30. The SMILES string of the molecule is CCCN(CC)CCOc1ccc([C@H]2Oc3ccc(O)cc3CC2c2ccc(O)cc2)cc1. The summed E-state index contributed by atoms with van der Waals surface area (Å²) >= 11 is 0. The van der Waals surface area contributed by atoms with E-state index in [0.29, 0.717) is 6.61 Å². The van der Waals surface area contributed by atoms with Gasteiger partial charge in [-0.15, -0.1) is 0 Å². The van der Waals surface area contributed by atoms with Crippen molar-refractivity contribution in [1.29, 1.82) is 0 Å². The summed E-state index contributed by atoms with van der Waals surface area (Å²) in [5.41, 5.74) is 3.14. The highest BCUT2D eigenvalue weighted by molar-refractivity contribution is 5.45. The van der Waals surface area contributed by atoms with Crippen LogP contribution in [0.3, 0.4) is 0 Å². The quantitative estimate of drug-likeness (QED) is 0.443. The number of hydrogen-bond acceptors (Lipinski definition) is 5. The van der Waals surface area contributed by atoms with Gasteiger partial charge in [0.25, 0.3) is 0 Å². The highest BCUT2D eigenvalue weighted by Gasteiger charge is 2.32. The molecule has 3 aromatic carbocycles. The molecule has 1 aliphatic heterocycles. The van der Waals surface area contributed by atoms with Crippen LogP contribution in [0.15, 0.2) is 66.7 Å². The van der Waals surface area contributed by atoms with E-state index in [4.69, 9.17) is 9.47 Å². The summed E-state index contributed by atoms with van der Waals surface area (Å²) in [7, 11) is 0. The van der Waals surface area contributed by atoms with Crippen LogP contribution in [0.4, 0.5) is 0 Å². The Bertz CT molecular complexity index is 1030. The Morgan fingerprint density at radius 3 is 2.27 bits per heavy atom. The average molecular weight is 448 g/mol. The molecule has 0 bridgehead atoms. The van der Waals surface area contributed by atoms with Crippen LogP contribution < -0.4 is 9.47 Å². The van der Waals surface area contributed by atoms with Gasteiger partial charge < -0.3 is 24.6 Å². The number of phenols is 2. The van der Waals surface area contributed by atoms with Crippen molar-refractivity contribution in [3.05, 3.63) is 83.4 Å². The summed E-state index contributed by atoms with van der Waals surface area (Å²) in [5, 5.41) is 19.7. The molecule has 5 heteroatoms. The van der Waals surface area contributed by atoms with Gasteiger partial charge in [0.2, 0.25) is 0 Å². The lowest BCUT2D eigenvalue weighted by Gasteiger charge is -2.34. The van der Waals surface area contributed by atoms with Crippen LogP contribution in [0.1, 0.15) is 49.0 Å². The van der Waals surface area contributed by atoms with Gasteiger partial charge in [-0.3, -0.25) is 0 Å². The normalized spacial score (nSPS) is 17.4. The summed E-state index contributed by atoms with van der Waals surface area (Å²) in [6.45, 7) is 8.09. The third-order valence-corrected chi connectivity index (χ3v) is 6.30. The number of ether oxygens (including phenoxy) is 2. The van der Waals surface area contributed by atoms with Crippen LogP contribution in [0.5, 0.6) is 23.0 Å². The first-order chi connectivity index (χ1) is 16.1. The van der Waals surface area contributed by atoms with Crippen LogP contribution in [-0.2, 0) is 6.42 Å². The van der Waals surface area contributed by atoms with Crippen LogP contribution in [0.2, 0.25) is 0 Å². The van der Waals surface area contributed by atoms with Gasteiger partial charge in [0, 0.05) is 12.5 Å². The van der Waals surface area contributed by atoms with E-state index in [1.165, 1.54) is 0 Å². The van der Waals surface area contributed by atoms with E-state index in [0.717, 1.165) is 60.7 Å². The first-order valence-electron chi connectivity index (χ1n) is 11.8. The molecule has 3 aromatic rings. The maximum Gasteiger partial charge on any atom is 0.131 e. The minimum atomic E-state index is -0.180. The first kappa shape index (κ1) is 23.0. The number of hydrogen-bond donors (Lipinski definition) is 2. The van der Waals surface area contributed by atoms with Gasteiger partial charge in [-0.2, -0.15) is 0 Å². The molecule has 5 nitrogen and oxygen atoms in total. The second-order valence-electron chi connectivity index (χ2n) is 8.58. The Balaban J connectivity index is 1.52. The van der Waals surface area contributed by atoms with E-state index in [2.05, 4.69) is 30.9 Å². The van der Waals surface area contributed by atoms with Crippen molar-refractivity contribution in [2.24, 2.45) is 0 Å². The number of aromatic hydroxyl groups is 2. The highest BCUT2D eigenvalue weighted by Crippen LogP contribution is 2.45. The highest BCUT2D eigenvalue weighted by atomic mass is 16.5. The van der Waals surface area contributed by atoms with Gasteiger partial charge in [0.05, 0.1) is 0 Å². The Hall–Kier alpha value is -3.18. The molecule has 2 N–H and O–H groups in total. The predicted octanol–water partition coefficient (Wildman–Crippen LogP) is 5.67. The fourth-order valence-corrected chi connectivity index (χ4v) is 4.51. The Kier molecular flexibility index (Phi) is 7.40. The topological polar surface area (TPSA) is 62.2 Å². The molecule has 1 unspecified atom stereocenters. The van der Waals surface area contributed by atoms with E-state index in [1.807, 2.05) is 30.3 Å². The molecule has 0 saturated heterocycles. The molecule has 174 valence electrons. The summed E-state index contributed by atoms with van der Waals surface area (Å²) in [4.78, 5) is 2.39. The van der Waals surface area contributed by atoms with Crippen molar-refractivity contribution in [1.82, 2.24) is 4.90 Å². The van der Waals surface area contributed by atoms with E-state index in [-0.39, 0.29) is 23.5 Å². The van der Waals surface area contributed by atoms with Crippen molar-refractivity contribution in [2.45, 2.75) is 38.7 Å². The van der Waals surface area contributed by atoms with Crippen LogP contribution in [0, 0.1) is 0 Å². The molecule has 2 atom stereocenters. The summed E-state index contributed by atoms with van der Waals surface area (Å²) in [6.07, 6.45) is 1.71. The molecule has 33 heavy (non-hydrogen) atoms. The molecule has 0 saturated carbocycles. The molecule has 0 amide bonds. The Labute approximate surface area is 196 Å². The molecule has 0 spiro atoms. The van der Waals surface area contributed by atoms with E-state index >= 15 is 0 Å². The van der Waals surface area contributed by atoms with E-state index in [1.54, 1.807) is 24.3 Å². The number of fused-ring (bicyclic) bond motifs is 1. The molecular formula is C28H33NO4. The smallest absolute Gasteiger partial charge is 0.131 e. The molecule has 0 fully saturated rings. The predicted molar refractivity (Wildman–Crippen MR) is 130 cm³/mol. The van der Waals surface area contributed by atoms with Gasteiger partial charge in [0.1, 0.15) is 35.7 Å². The lowest BCUT2D eigenvalue weighted by atomic mass is 9.82. The van der Waals surface area contributed by atoms with Gasteiger partial charge >= 0.3 is 0 Å². The fourth-order valence-electron chi connectivity index (χ4n) is 4.51. The van der Waals surface area contributed by atoms with Crippen molar-refractivity contribution < 1.29 is 19.7 Å². The van der Waals surface area contributed by atoms with Crippen LogP contribution >= 0.6 is 0 Å². The maximum atomic E-state index is 9.94. The molecule has 1 aliphatic rings. The first-order valence-corrected chi connectivity index (χ1v) is 11.8. The van der Waals surface area contributed by atoms with Crippen molar-refractivity contribution in [3.8, 4) is 23.0 Å². The molecule has 0 radical (unpaired) electrons. The maximum absolute atomic E-state index is 9.94. The minimum Gasteiger partial charge on any atom is -0.508 e. The summed E-state index contributed by atoms with van der Waals surface area (Å²) < 4.78 is 12.4. The van der Waals surface area contributed by atoms with Crippen molar-refractivity contribution >= 4 is 0 Å². The second-order valence-corrected chi connectivity index (χ2v) is 8.58. The number of nitrogens with zero attached hydrogens (tertiary/aromatic N) is 1. The molecular weight excluding hydrogens is 414 g/mol. The van der Waals surface area contributed by atoms with Crippen LogP contribution in [-0.4, -0.2) is 41.4 Å². The third kappa shape index (κ3) is 5.60. The minimum absolute atomic E-state index is 0.0545. The number of benzene rings is 3. The average Bonchev–Trinajstić information content (AvgIpc) is 2.83.